The zero-order valence-electron chi connectivity index (χ0n) is 23.2. The van der Waals surface area contributed by atoms with E-state index in [1.165, 1.54) is 6.08 Å². The van der Waals surface area contributed by atoms with Crippen LogP contribution in [0.1, 0.15) is 77.3 Å². The highest BCUT2D eigenvalue weighted by molar-refractivity contribution is 5.75. The Labute approximate surface area is 231 Å². The highest BCUT2D eigenvalue weighted by Gasteiger charge is 2.45. The average molecular weight is 562 g/mol. The van der Waals surface area contributed by atoms with Gasteiger partial charge >= 0.3 is 29.0 Å². The minimum Gasteiger partial charge on any atom is -0.464 e. The van der Waals surface area contributed by atoms with E-state index in [-0.39, 0.29) is 56.6 Å². The summed E-state index contributed by atoms with van der Waals surface area (Å²) in [5.41, 5.74) is -2.95. The van der Waals surface area contributed by atoms with Crippen LogP contribution in [0.5, 0.6) is 0 Å². The van der Waals surface area contributed by atoms with Crippen LogP contribution in [-0.4, -0.2) is 63.3 Å². The fraction of sp³-hybridized carbons (Fsp3) is 0.750. The molecule has 0 N–H and O–H groups in total. The highest BCUT2D eigenvalue weighted by atomic mass is 16.6. The molecule has 2 aliphatic heterocycles. The van der Waals surface area contributed by atoms with Gasteiger partial charge in [-0.05, 0) is 63.2 Å². The lowest BCUT2D eigenvalue weighted by Crippen LogP contribution is -2.58. The molecular weight excluding hydrogens is 522 g/mol. The van der Waals surface area contributed by atoms with Gasteiger partial charge in [0.05, 0.1) is 44.2 Å². The molecule has 0 bridgehead atoms. The van der Waals surface area contributed by atoms with E-state index in [2.05, 4.69) is 6.58 Å². The first-order valence-electron chi connectivity index (χ1n) is 14.5. The van der Waals surface area contributed by atoms with Crippen molar-refractivity contribution in [2.45, 2.75) is 108 Å². The molecule has 1 aromatic rings. The molecule has 2 saturated carbocycles. The van der Waals surface area contributed by atoms with E-state index in [0.29, 0.717) is 12.2 Å². The van der Waals surface area contributed by atoms with Crippen molar-refractivity contribution in [2.24, 2.45) is 11.8 Å². The van der Waals surface area contributed by atoms with Gasteiger partial charge in [0.15, 0.2) is 0 Å². The minimum atomic E-state index is -1.27. The zero-order chi connectivity index (χ0) is 28.6. The second kappa shape index (κ2) is 11.9. The van der Waals surface area contributed by atoms with E-state index in [0.717, 1.165) is 52.2 Å². The third-order valence-corrected chi connectivity index (χ3v) is 8.69. The minimum absolute atomic E-state index is 0.0753. The second-order valence-electron chi connectivity index (χ2n) is 11.4. The number of rotatable bonds is 12. The molecule has 12 nitrogen and oxygen atoms in total. The number of hydrogen-bond acceptors (Lipinski definition) is 9. The number of esters is 2. The quantitative estimate of drug-likeness (QED) is 0.211. The fourth-order valence-corrected chi connectivity index (χ4v) is 6.22. The third-order valence-electron chi connectivity index (χ3n) is 8.69. The first-order valence-corrected chi connectivity index (χ1v) is 14.5. The van der Waals surface area contributed by atoms with Gasteiger partial charge in [0, 0.05) is 0 Å². The molecule has 8 atom stereocenters. The van der Waals surface area contributed by atoms with Crippen molar-refractivity contribution in [2.75, 3.05) is 13.2 Å². The van der Waals surface area contributed by atoms with Crippen LogP contribution in [-0.2, 0) is 35.1 Å². The van der Waals surface area contributed by atoms with E-state index in [1.54, 1.807) is 13.8 Å². The Morgan fingerprint density at radius 3 is 1.62 bits per heavy atom. The van der Waals surface area contributed by atoms with E-state index in [4.69, 9.17) is 18.9 Å². The normalized spacial score (nSPS) is 29.9. The molecule has 220 valence electrons. The van der Waals surface area contributed by atoms with Crippen LogP contribution in [0.2, 0.25) is 0 Å². The van der Waals surface area contributed by atoms with Gasteiger partial charge in [0.25, 0.3) is 0 Å². The number of carbonyl (C=O) groups excluding carboxylic acids is 2. The summed E-state index contributed by atoms with van der Waals surface area (Å²) in [5, 5.41) is 0. The summed E-state index contributed by atoms with van der Waals surface area (Å²) < 4.78 is 24.5. The Bertz CT molecular complexity index is 1220. The van der Waals surface area contributed by atoms with Crippen molar-refractivity contribution in [3.8, 4) is 0 Å². The van der Waals surface area contributed by atoms with Gasteiger partial charge in [0.1, 0.15) is 12.1 Å². The molecule has 0 amide bonds. The van der Waals surface area contributed by atoms with Crippen molar-refractivity contribution >= 4 is 11.9 Å². The number of epoxide rings is 2. The van der Waals surface area contributed by atoms with Gasteiger partial charge in [0.2, 0.25) is 0 Å². The lowest BCUT2D eigenvalue weighted by atomic mass is 9.90. The van der Waals surface area contributed by atoms with Crippen LogP contribution in [0, 0.1) is 11.8 Å². The van der Waals surface area contributed by atoms with E-state index < -0.39 is 41.1 Å². The summed E-state index contributed by atoms with van der Waals surface area (Å²) in [6.07, 6.45) is 7.77. The largest absolute Gasteiger partial charge is 0.464 e. The molecule has 4 fully saturated rings. The summed E-state index contributed by atoms with van der Waals surface area (Å²) in [4.78, 5) is 66.8. The molecule has 2 aliphatic carbocycles. The van der Waals surface area contributed by atoms with Crippen LogP contribution in [0.25, 0.3) is 0 Å². The number of ether oxygens (including phenoxy) is 4. The van der Waals surface area contributed by atoms with Crippen molar-refractivity contribution in [1.29, 1.82) is 0 Å². The lowest BCUT2D eigenvalue weighted by Gasteiger charge is -2.24. The molecule has 3 heterocycles. The summed E-state index contributed by atoms with van der Waals surface area (Å²) >= 11 is 0. The maximum atomic E-state index is 13.7. The zero-order valence-corrected chi connectivity index (χ0v) is 23.2. The predicted molar refractivity (Wildman–Crippen MR) is 142 cm³/mol. The molecule has 2 saturated heterocycles. The Kier molecular flexibility index (Phi) is 8.46. The first-order chi connectivity index (χ1) is 19.3. The van der Waals surface area contributed by atoms with Crippen LogP contribution in [0.3, 0.4) is 0 Å². The van der Waals surface area contributed by atoms with Gasteiger partial charge in [-0.25, -0.2) is 37.7 Å². The number of aromatic nitrogens is 3. The van der Waals surface area contributed by atoms with Crippen LogP contribution >= 0.6 is 0 Å². The van der Waals surface area contributed by atoms with Crippen molar-refractivity contribution in [3.05, 3.63) is 44.1 Å². The van der Waals surface area contributed by atoms with Crippen LogP contribution < -0.4 is 17.1 Å². The molecule has 5 rings (SSSR count). The van der Waals surface area contributed by atoms with Gasteiger partial charge in [-0.1, -0.05) is 19.9 Å². The summed E-state index contributed by atoms with van der Waals surface area (Å²) in [7, 11) is 0. The fourth-order valence-electron chi connectivity index (χ4n) is 6.22. The van der Waals surface area contributed by atoms with Crippen molar-refractivity contribution in [3.63, 3.8) is 0 Å². The molecule has 40 heavy (non-hydrogen) atoms. The maximum Gasteiger partial charge on any atom is 0.337 e. The molecule has 0 spiro atoms. The van der Waals surface area contributed by atoms with Crippen molar-refractivity contribution < 1.29 is 28.5 Å². The second-order valence-corrected chi connectivity index (χ2v) is 11.4. The predicted octanol–water partition coefficient (Wildman–Crippen LogP) is 1.48. The maximum absolute atomic E-state index is 13.7. The molecule has 4 aliphatic rings. The number of allylic oxidation sites excluding steroid dienone is 1. The molecule has 8 unspecified atom stereocenters. The van der Waals surface area contributed by atoms with Gasteiger partial charge in [-0.15, -0.1) is 6.58 Å². The number of carbonyl (C=O) groups is 2. The van der Waals surface area contributed by atoms with Gasteiger partial charge in [-0.3, -0.25) is 0 Å². The molecule has 12 heteroatoms. The Morgan fingerprint density at radius 1 is 0.800 bits per heavy atom. The summed E-state index contributed by atoms with van der Waals surface area (Å²) in [6, 6.07) is -2.53. The number of nitrogens with zero attached hydrogens (tertiary/aromatic N) is 3. The van der Waals surface area contributed by atoms with E-state index in [9.17, 15) is 24.0 Å². The highest BCUT2D eigenvalue weighted by Crippen LogP contribution is 2.40. The van der Waals surface area contributed by atoms with Gasteiger partial charge < -0.3 is 18.9 Å². The monoisotopic (exact) mass is 561 g/mol. The lowest BCUT2D eigenvalue weighted by molar-refractivity contribution is -0.149. The Hall–Kier alpha value is -2.99. The Morgan fingerprint density at radius 2 is 1.25 bits per heavy atom. The Balaban J connectivity index is 1.38. The van der Waals surface area contributed by atoms with Crippen LogP contribution in [0.4, 0.5) is 0 Å². The smallest absolute Gasteiger partial charge is 0.337 e. The SMILES string of the molecule is C=CCn1c(=O)n(C(CC)C(=O)OCC2CCC3OC3C2)c(=O)n(C(CC)C(=O)OCC2CCC3OC3C2)c1=O. The molecule has 0 aromatic carbocycles. The summed E-state index contributed by atoms with van der Waals surface area (Å²) in [6.45, 7) is 7.02. The third kappa shape index (κ3) is 5.74. The topological polar surface area (TPSA) is 144 Å². The van der Waals surface area contributed by atoms with Crippen molar-refractivity contribution in [1.82, 2.24) is 13.7 Å². The van der Waals surface area contributed by atoms with Crippen LogP contribution in [0.15, 0.2) is 27.0 Å². The van der Waals surface area contributed by atoms with Gasteiger partial charge in [-0.2, -0.15) is 0 Å². The summed E-state index contributed by atoms with van der Waals surface area (Å²) in [5.74, 6) is -1.17. The van der Waals surface area contributed by atoms with E-state index >= 15 is 0 Å². The number of hydrogen-bond donors (Lipinski definition) is 0. The van der Waals surface area contributed by atoms with E-state index in [1.807, 2.05) is 0 Å². The molecular formula is C28H39N3O9. The average Bonchev–Trinajstić information content (AvgIpc) is 3.87. The number of fused-ring (bicyclic) bond motifs is 2. The standard InChI is InChI=1S/C28H39N3O9/c1-4-11-29-26(34)30(18(5-2)24(32)37-14-16-7-9-20-22(12-16)39-20)28(36)31(27(29)35)19(6-3)25(33)38-15-17-8-10-21-23(13-17)40-21/h4,16-23H,1,5-15H2,2-3H3. The first kappa shape index (κ1) is 28.5. The molecule has 0 radical (unpaired) electrons. The molecule has 1 aromatic heterocycles.